The summed E-state index contributed by atoms with van der Waals surface area (Å²) in [5.41, 5.74) is 35.0. The number of likely N-dealkylation sites (tertiary alicyclic amines) is 2. The molecule has 2 aromatic carbocycles. The number of rotatable bonds is 53. The number of unbranched alkanes of at least 4 members (excludes halogenated alkanes) is 1. The van der Waals surface area contributed by atoms with Crippen molar-refractivity contribution in [3.05, 3.63) is 59.7 Å². The van der Waals surface area contributed by atoms with Gasteiger partial charge >= 0.3 is 11.9 Å². The van der Waals surface area contributed by atoms with E-state index in [0.717, 1.165) is 0 Å². The Morgan fingerprint density at radius 3 is 1.40 bits per heavy atom. The second-order valence-corrected chi connectivity index (χ2v) is 32.0. The predicted molar refractivity (Wildman–Crippen MR) is 448 cm³/mol. The monoisotopic (exact) mass is 1730 g/mol. The van der Waals surface area contributed by atoms with Gasteiger partial charge in [0.25, 0.3) is 0 Å². The van der Waals surface area contributed by atoms with E-state index in [2.05, 4.69) is 68.5 Å². The van der Waals surface area contributed by atoms with Gasteiger partial charge in [0, 0.05) is 64.9 Å². The number of nitrogens with zero attached hydrogens (tertiary/aromatic N) is 4. The highest BCUT2D eigenvalue weighted by molar-refractivity contribution is 6.01. The Morgan fingerprint density at radius 2 is 0.927 bits per heavy atom. The minimum atomic E-state index is -1.93. The first-order valence-electron chi connectivity index (χ1n) is 41.9. The van der Waals surface area contributed by atoms with Crippen LogP contribution in [0.15, 0.2) is 58.5 Å². The van der Waals surface area contributed by atoms with Gasteiger partial charge in [0.05, 0.1) is 13.0 Å². The predicted octanol–water partition coefficient (Wildman–Crippen LogP) is -3.97. The number of hydrogen-bond acceptors (Lipinski definition) is 23. The number of esters is 1. The molecule has 42 nitrogen and oxygen atoms in total. The highest BCUT2D eigenvalue weighted by Gasteiger charge is 2.44. The number of aromatic hydroxyl groups is 2. The Balaban J connectivity index is 1.41. The molecule has 3 aliphatic rings. The van der Waals surface area contributed by atoms with Gasteiger partial charge in [-0.05, 0) is 156 Å². The molecule has 0 aromatic heterocycles. The van der Waals surface area contributed by atoms with Crippen LogP contribution in [0.5, 0.6) is 11.5 Å². The molecule has 0 bridgehead atoms. The van der Waals surface area contributed by atoms with E-state index in [1.54, 1.807) is 27.7 Å². The molecule has 14 amide bonds. The van der Waals surface area contributed by atoms with Crippen molar-refractivity contribution >= 4 is 107 Å². The van der Waals surface area contributed by atoms with Crippen LogP contribution in [0.25, 0.3) is 0 Å². The minimum absolute atomic E-state index is 0.00274. The summed E-state index contributed by atoms with van der Waals surface area (Å²) in [6.07, 6.45) is -1.22. The lowest BCUT2D eigenvalue weighted by Crippen LogP contribution is -2.61. The molecule has 682 valence electrons. The van der Waals surface area contributed by atoms with Crippen LogP contribution in [0.3, 0.4) is 0 Å². The number of primary amides is 1. The quantitative estimate of drug-likeness (QED) is 0.0130. The van der Waals surface area contributed by atoms with Crippen LogP contribution in [0.4, 0.5) is 0 Å². The Kier molecular flexibility index (Phi) is 42.7. The van der Waals surface area contributed by atoms with Crippen molar-refractivity contribution in [2.45, 2.75) is 261 Å². The van der Waals surface area contributed by atoms with Crippen molar-refractivity contribution in [1.29, 1.82) is 0 Å². The Hall–Kier alpha value is -12.0. The molecule has 5 rings (SSSR count). The lowest BCUT2D eigenvalue weighted by Gasteiger charge is -2.32. The number of aliphatic hydroxyl groups excluding tert-OH is 1. The molecule has 3 aliphatic heterocycles. The fraction of sp³-hybridized carbons (Fsp3) is 0.630. The van der Waals surface area contributed by atoms with Crippen LogP contribution in [0.1, 0.15) is 181 Å². The molecule has 0 saturated carbocycles. The fourth-order valence-corrected chi connectivity index (χ4v) is 14.3. The van der Waals surface area contributed by atoms with E-state index in [0.29, 0.717) is 24.0 Å². The molecule has 27 N–H and O–H groups in total. The third-order valence-electron chi connectivity index (χ3n) is 21.0. The average Bonchev–Trinajstić information content (AvgIpc) is 1.74. The molecule has 42 heteroatoms. The van der Waals surface area contributed by atoms with Gasteiger partial charge in [0.2, 0.25) is 82.7 Å². The minimum Gasteiger partial charge on any atom is -0.508 e. The standard InChI is InChI=1S/C81H127N21O21/c1-7-46(6)66(76(119)99-60(40-45(4)5)79(122)123-38-14-37-103)100-73(116)58(42-48-22-26-50(105)27-23-48)98-75(118)62-19-13-36-102(62)78(121)55(17-11-34-89-81(86)87)93-67(110)51(16-10-33-88-80(84)85)92-74(117)61-18-12-35-101(61)77(120)54(15-8-9-32-82)94-72(115)59(43-63(83)106)97-69(112)53(29-31-65(108)109)91-71(114)57(41-47-20-24-49(104)25-21-47)96-70(113)56(39-44(2)3)95-68(111)52-28-30-64(107)90-52/h20-27,44-46,51-62,66,103-105H,7-19,28-43,82H2,1-6H3,(H2,83,106)(H,90,107)(H,91,114)(H,92,117)(H,93,110)(H,94,115)(H,95,111)(H,96,113)(H,97,112)(H,98,118)(H,99,119)(H,100,116)(H,108,109)(H4,84,85,88)(H4,86,87,89)/t46-,51-,52-,53-,54-,55-,56-,57-,58-,59-,60-,61-,62-,66-/m0/s1. The van der Waals surface area contributed by atoms with Gasteiger partial charge in [0.1, 0.15) is 90.0 Å². The van der Waals surface area contributed by atoms with Crippen molar-refractivity contribution in [1.82, 2.24) is 68.3 Å². The normalized spacial score (nSPS) is 17.5. The molecule has 14 atom stereocenters. The van der Waals surface area contributed by atoms with Gasteiger partial charge in [-0.25, -0.2) is 4.79 Å². The number of amides is 14. The Bertz CT molecular complexity index is 3990. The van der Waals surface area contributed by atoms with Gasteiger partial charge in [-0.15, -0.1) is 0 Å². The molecule has 3 fully saturated rings. The fourth-order valence-electron chi connectivity index (χ4n) is 14.3. The van der Waals surface area contributed by atoms with E-state index < -0.39 is 192 Å². The smallest absolute Gasteiger partial charge is 0.328 e. The molecule has 3 saturated heterocycles. The van der Waals surface area contributed by atoms with E-state index in [9.17, 15) is 82.8 Å². The summed E-state index contributed by atoms with van der Waals surface area (Å²) in [7, 11) is 0. The molecule has 123 heavy (non-hydrogen) atoms. The second kappa shape index (κ2) is 51.7. The molecule has 0 spiro atoms. The van der Waals surface area contributed by atoms with Gasteiger partial charge in [-0.1, -0.05) is 72.2 Å². The maximum Gasteiger partial charge on any atom is 0.328 e. The van der Waals surface area contributed by atoms with Crippen LogP contribution in [0.2, 0.25) is 0 Å². The van der Waals surface area contributed by atoms with Crippen LogP contribution in [-0.4, -0.2) is 261 Å². The zero-order valence-electron chi connectivity index (χ0n) is 70.8. The van der Waals surface area contributed by atoms with Crippen LogP contribution >= 0.6 is 0 Å². The summed E-state index contributed by atoms with van der Waals surface area (Å²) in [5.74, 6) is -16.1. The molecule has 3 heterocycles. The zero-order valence-corrected chi connectivity index (χ0v) is 70.8. The Morgan fingerprint density at radius 1 is 0.504 bits per heavy atom. The van der Waals surface area contributed by atoms with E-state index in [1.807, 2.05) is 13.8 Å². The summed E-state index contributed by atoms with van der Waals surface area (Å²) in [5, 5.41) is 68.4. The van der Waals surface area contributed by atoms with E-state index in [1.165, 1.54) is 58.3 Å². The maximum atomic E-state index is 15.2. The maximum absolute atomic E-state index is 15.2. The number of carbonyl (C=O) groups excluding carboxylic acids is 15. The highest BCUT2D eigenvalue weighted by atomic mass is 16.5. The molecular formula is C81H127N21O21. The van der Waals surface area contributed by atoms with Crippen molar-refractivity contribution in [3.63, 3.8) is 0 Å². The van der Waals surface area contributed by atoms with E-state index >= 15 is 14.4 Å². The first-order valence-corrected chi connectivity index (χ1v) is 41.9. The number of carboxylic acid groups (broad SMARTS) is 1. The van der Waals surface area contributed by atoms with Gasteiger partial charge in [-0.3, -0.25) is 81.9 Å². The second-order valence-electron chi connectivity index (χ2n) is 32.0. The topological polar surface area (TPSA) is 683 Å². The SMILES string of the molecule is CC[C@H](C)[C@H](NC(=O)[C@H](Cc1ccc(O)cc1)NC(=O)[C@@H]1CCCN1C(=O)[C@H](CCCN=C(N)N)NC(=O)[C@H](CCCN=C(N)N)NC(=O)[C@@H]1CCCN1C(=O)[C@H](CCCCN)NC(=O)[C@H](CC(N)=O)NC(=O)[C@H](CCC(=O)O)NC(=O)[C@H](Cc1ccc(O)cc1)NC(=O)[C@H](CC(C)C)NC(=O)[C@@H]1CCC(=O)N1)C(=O)N[C@@H](CC(C)C)C(=O)OCCCO. The molecular weight excluding hydrogens is 1600 g/mol. The average molecular weight is 1730 g/mol. The first kappa shape index (κ1) is 102. The number of nitrogens with one attached hydrogen (secondary N) is 11. The third-order valence-corrected chi connectivity index (χ3v) is 21.0. The first-order chi connectivity index (χ1) is 58.3. The van der Waals surface area contributed by atoms with Crippen LogP contribution in [-0.2, 0) is 94.3 Å². The van der Waals surface area contributed by atoms with Crippen molar-refractivity contribution in [2.75, 3.05) is 45.9 Å². The summed E-state index contributed by atoms with van der Waals surface area (Å²) in [4.78, 5) is 236. The van der Waals surface area contributed by atoms with Crippen LogP contribution < -0.4 is 92.9 Å². The number of aliphatic imine (C=N–C) groups is 2. The number of benzene rings is 2. The number of carboxylic acids is 1. The number of hydrogen-bond donors (Lipinski definition) is 21. The summed E-state index contributed by atoms with van der Waals surface area (Å²) >= 11 is 0. The highest BCUT2D eigenvalue weighted by Crippen LogP contribution is 2.25. The molecule has 0 aliphatic carbocycles. The van der Waals surface area contributed by atoms with Crippen molar-refractivity contribution < 1.29 is 102 Å². The molecule has 0 radical (unpaired) electrons. The van der Waals surface area contributed by atoms with Crippen LogP contribution in [0, 0.1) is 17.8 Å². The lowest BCUT2D eigenvalue weighted by atomic mass is 9.96. The summed E-state index contributed by atoms with van der Waals surface area (Å²) < 4.78 is 5.34. The lowest BCUT2D eigenvalue weighted by molar-refractivity contribution is -0.149. The van der Waals surface area contributed by atoms with Gasteiger partial charge < -0.3 is 128 Å². The molecule has 2 aromatic rings. The van der Waals surface area contributed by atoms with Crippen molar-refractivity contribution in [2.24, 2.45) is 62.1 Å². The number of aliphatic carboxylic acids is 1. The van der Waals surface area contributed by atoms with Gasteiger partial charge in [-0.2, -0.15) is 0 Å². The summed E-state index contributed by atoms with van der Waals surface area (Å²) in [6, 6.07) is -7.21. The number of nitrogens with two attached hydrogens (primary N) is 6. The number of guanidine groups is 2. The van der Waals surface area contributed by atoms with Gasteiger partial charge in [0.15, 0.2) is 11.9 Å². The number of phenols is 2. The number of aliphatic hydroxyl groups is 1. The largest absolute Gasteiger partial charge is 0.508 e. The zero-order chi connectivity index (χ0) is 91.2. The molecule has 0 unspecified atom stereocenters. The number of ether oxygens (including phenoxy) is 1. The summed E-state index contributed by atoms with van der Waals surface area (Å²) in [6.45, 7) is 10.3. The van der Waals surface area contributed by atoms with Crippen molar-refractivity contribution in [3.8, 4) is 11.5 Å². The van der Waals surface area contributed by atoms with E-state index in [4.69, 9.17) is 39.1 Å². The third kappa shape index (κ3) is 34.8. The van der Waals surface area contributed by atoms with E-state index in [-0.39, 0.29) is 196 Å². The number of carbonyl (C=O) groups is 16. The number of phenolic OH excluding ortho intramolecular Hbond substituents is 2. The Labute approximate surface area is 714 Å².